The number of hydrogen-bond acceptors (Lipinski definition) is 10. The number of fused-ring (bicyclic) bond motifs is 1. The van der Waals surface area contributed by atoms with Crippen LogP contribution < -0.4 is 24.8 Å². The van der Waals surface area contributed by atoms with Crippen molar-refractivity contribution in [3.05, 3.63) is 43.1 Å². The lowest BCUT2D eigenvalue weighted by Crippen LogP contribution is -2.60. The molecule has 5 atom stereocenters. The fraction of sp³-hybridized carbons (Fsp3) is 0.595. The fourth-order valence-electron chi connectivity index (χ4n) is 6.84. The second-order valence-electron chi connectivity index (χ2n) is 16.4. The minimum atomic E-state index is -4.97. The zero-order chi connectivity index (χ0) is 40.9. The number of alkyl halides is 3. The lowest BCUT2D eigenvalue weighted by atomic mass is 9.85. The second-order valence-corrected chi connectivity index (χ2v) is 18.5. The normalized spacial score (nSPS) is 24.0. The molecule has 14 nitrogen and oxygen atoms in total. The summed E-state index contributed by atoms with van der Waals surface area (Å²) in [5, 5.41) is 5.54. The lowest BCUT2D eigenvalue weighted by Gasteiger charge is -2.36. The Labute approximate surface area is 317 Å². The highest BCUT2D eigenvalue weighted by molar-refractivity contribution is 7.91. The molecule has 0 unspecified atom stereocenters. The Morgan fingerprint density at radius 3 is 2.29 bits per heavy atom. The van der Waals surface area contributed by atoms with Crippen molar-refractivity contribution in [3.63, 3.8) is 0 Å². The van der Waals surface area contributed by atoms with Gasteiger partial charge in [-0.2, -0.15) is 0 Å². The van der Waals surface area contributed by atoms with Gasteiger partial charge >= 0.3 is 12.5 Å². The molecule has 1 aliphatic heterocycles. The second kappa shape index (κ2) is 14.5. The third kappa shape index (κ3) is 8.94. The van der Waals surface area contributed by atoms with Gasteiger partial charge in [-0.15, -0.1) is 19.8 Å². The molecule has 55 heavy (non-hydrogen) atoms. The van der Waals surface area contributed by atoms with Crippen LogP contribution in [0.1, 0.15) is 80.6 Å². The molecular formula is C37H48F3N5O9S. The molecule has 0 bridgehead atoms. The Morgan fingerprint density at radius 2 is 1.75 bits per heavy atom. The van der Waals surface area contributed by atoms with Crippen molar-refractivity contribution < 1.29 is 55.0 Å². The largest absolute Gasteiger partial charge is 0.573 e. The zero-order valence-electron chi connectivity index (χ0n) is 31.8. The standard InChI is InChI=1S/C37H48F3N5O9S/c1-9-21-19-36(21,31(48)44-55(50,51)35(10-2)15-16-35)43-28(46)25-18-22(20-45(25)30(47)27(33(3,4)5)42-32(49)54-34(6,7)8)52-29-24-12-11-13-26(53-37(38,39)40)23(24)14-17-41-29/h9,11-14,17,21-22,25,27H,1,10,15-16,18-20H2,2-8H3,(H,42,49)(H,43,46)(H,44,48)/t21-,22-,25+,27-,36-/m1/s1. The number of nitrogens with one attached hydrogen (secondary N) is 3. The first-order valence-corrected chi connectivity index (χ1v) is 19.4. The summed E-state index contributed by atoms with van der Waals surface area (Å²) in [4.78, 5) is 60.8. The van der Waals surface area contributed by atoms with E-state index in [1.165, 1.54) is 35.4 Å². The Bertz CT molecular complexity index is 1970. The van der Waals surface area contributed by atoms with Crippen LogP contribution in [0, 0.1) is 11.3 Å². The van der Waals surface area contributed by atoms with Gasteiger partial charge in [-0.05, 0) is 70.1 Å². The minimum absolute atomic E-state index is 0.0440. The van der Waals surface area contributed by atoms with Crippen LogP contribution in [0.3, 0.4) is 0 Å². The van der Waals surface area contributed by atoms with Gasteiger partial charge in [0.25, 0.3) is 5.91 Å². The number of aromatic nitrogens is 1. The van der Waals surface area contributed by atoms with E-state index in [1.54, 1.807) is 48.5 Å². The van der Waals surface area contributed by atoms with E-state index < -0.39 is 91.4 Å². The highest BCUT2D eigenvalue weighted by atomic mass is 32.2. The molecule has 3 aliphatic rings. The van der Waals surface area contributed by atoms with E-state index in [0.717, 1.165) is 6.07 Å². The van der Waals surface area contributed by atoms with Gasteiger partial charge in [0.1, 0.15) is 35.1 Å². The van der Waals surface area contributed by atoms with Gasteiger partial charge in [0.15, 0.2) is 0 Å². The summed E-state index contributed by atoms with van der Waals surface area (Å²) in [5.74, 6) is -3.62. The number of halogens is 3. The number of likely N-dealkylation sites (tertiary alicyclic amines) is 1. The first-order valence-electron chi connectivity index (χ1n) is 18.0. The van der Waals surface area contributed by atoms with Crippen LogP contribution in [0.5, 0.6) is 11.6 Å². The summed E-state index contributed by atoms with van der Waals surface area (Å²) in [6, 6.07) is 2.71. The number of nitrogens with zero attached hydrogens (tertiary/aromatic N) is 2. The third-order valence-electron chi connectivity index (χ3n) is 10.2. The van der Waals surface area contributed by atoms with Gasteiger partial charge < -0.3 is 29.7 Å². The van der Waals surface area contributed by atoms with Crippen LogP contribution in [0.4, 0.5) is 18.0 Å². The van der Waals surface area contributed by atoms with E-state index in [4.69, 9.17) is 9.47 Å². The summed E-state index contributed by atoms with van der Waals surface area (Å²) in [5.41, 5.74) is -3.49. The average molecular weight is 796 g/mol. The Hall–Kier alpha value is -4.61. The van der Waals surface area contributed by atoms with Crippen molar-refractivity contribution in [2.24, 2.45) is 11.3 Å². The van der Waals surface area contributed by atoms with Crippen LogP contribution in [0.2, 0.25) is 0 Å². The van der Waals surface area contributed by atoms with Crippen LogP contribution in [0.15, 0.2) is 43.1 Å². The summed E-state index contributed by atoms with van der Waals surface area (Å²) >= 11 is 0. The maximum atomic E-state index is 14.5. The number of amides is 4. The molecule has 2 saturated carbocycles. The molecular weight excluding hydrogens is 747 g/mol. The summed E-state index contributed by atoms with van der Waals surface area (Å²) in [6.45, 7) is 15.3. The number of alkyl carbamates (subject to hydrolysis) is 1. The van der Waals surface area contributed by atoms with Crippen LogP contribution in [0.25, 0.3) is 10.8 Å². The fourth-order valence-corrected chi connectivity index (χ4v) is 8.50. The van der Waals surface area contributed by atoms with Gasteiger partial charge in [0.05, 0.1) is 11.3 Å². The van der Waals surface area contributed by atoms with Crippen LogP contribution >= 0.6 is 0 Å². The topological polar surface area (TPSA) is 182 Å². The van der Waals surface area contributed by atoms with Crippen molar-refractivity contribution in [3.8, 4) is 11.6 Å². The highest BCUT2D eigenvalue weighted by Gasteiger charge is 2.63. The summed E-state index contributed by atoms with van der Waals surface area (Å²) in [6.07, 6.45) is -3.19. The first kappa shape index (κ1) is 41.6. The number of ether oxygens (including phenoxy) is 3. The Morgan fingerprint density at radius 1 is 1.07 bits per heavy atom. The predicted molar refractivity (Wildman–Crippen MR) is 194 cm³/mol. The minimum Gasteiger partial charge on any atom is -0.472 e. The van der Waals surface area contributed by atoms with E-state index >= 15 is 0 Å². The van der Waals surface area contributed by atoms with E-state index in [9.17, 15) is 40.8 Å². The molecule has 2 aliphatic carbocycles. The van der Waals surface area contributed by atoms with Crippen molar-refractivity contribution >= 4 is 44.6 Å². The zero-order valence-corrected chi connectivity index (χ0v) is 32.7. The maximum absolute atomic E-state index is 14.5. The van der Waals surface area contributed by atoms with Gasteiger partial charge in [-0.25, -0.2) is 18.2 Å². The highest BCUT2D eigenvalue weighted by Crippen LogP contribution is 2.48. The number of hydrogen-bond donors (Lipinski definition) is 3. The molecule has 0 spiro atoms. The molecule has 18 heteroatoms. The number of carbonyl (C=O) groups is 4. The van der Waals surface area contributed by atoms with Gasteiger partial charge in [-0.3, -0.25) is 19.1 Å². The number of sulfonamides is 1. The smallest absolute Gasteiger partial charge is 0.472 e. The third-order valence-corrected chi connectivity index (χ3v) is 12.4. The molecule has 2 heterocycles. The van der Waals surface area contributed by atoms with E-state index in [0.29, 0.717) is 19.3 Å². The summed E-state index contributed by atoms with van der Waals surface area (Å²) in [7, 11) is -4.08. The molecule has 3 fully saturated rings. The first-order chi connectivity index (χ1) is 25.3. The van der Waals surface area contributed by atoms with Gasteiger partial charge in [-0.1, -0.05) is 39.8 Å². The Kier molecular flexibility index (Phi) is 10.9. The van der Waals surface area contributed by atoms with Crippen molar-refractivity contribution in [1.29, 1.82) is 0 Å². The molecule has 1 aromatic heterocycles. The SMILES string of the molecule is C=C[C@@H]1C[C@]1(NC(=O)[C@@H]1C[C@@H](Oc2nccc3c(OC(F)(F)F)cccc23)CN1C(=O)[C@@H](NC(=O)OC(C)(C)C)C(C)(C)C)C(=O)NS(=O)(=O)C1(CC)CC1. The molecule has 5 rings (SSSR count). The van der Waals surface area contributed by atoms with Gasteiger partial charge in [0.2, 0.25) is 27.7 Å². The van der Waals surface area contributed by atoms with E-state index in [1.807, 2.05) is 0 Å². The molecule has 2 aromatic rings. The van der Waals surface area contributed by atoms with Gasteiger partial charge in [0, 0.05) is 29.3 Å². The molecule has 3 N–H and O–H groups in total. The number of rotatable bonds is 12. The van der Waals surface area contributed by atoms with E-state index in [2.05, 4.69) is 31.7 Å². The van der Waals surface area contributed by atoms with Crippen LogP contribution in [-0.4, -0.2) is 89.1 Å². The number of carbonyl (C=O) groups excluding carboxylic acids is 4. The summed E-state index contributed by atoms with van der Waals surface area (Å²) < 4.78 is 82.8. The maximum Gasteiger partial charge on any atom is 0.573 e. The number of benzene rings is 1. The monoisotopic (exact) mass is 795 g/mol. The van der Waals surface area contributed by atoms with E-state index in [-0.39, 0.29) is 36.0 Å². The van der Waals surface area contributed by atoms with Crippen LogP contribution in [-0.2, 0) is 29.1 Å². The quantitative estimate of drug-likeness (QED) is 0.251. The number of pyridine rings is 1. The Balaban J connectivity index is 1.47. The van der Waals surface area contributed by atoms with Crippen molar-refractivity contribution in [2.75, 3.05) is 6.54 Å². The van der Waals surface area contributed by atoms with Crippen molar-refractivity contribution in [1.82, 2.24) is 25.2 Å². The molecule has 4 amide bonds. The molecule has 302 valence electrons. The predicted octanol–water partition coefficient (Wildman–Crippen LogP) is 4.87. The average Bonchev–Trinajstić information content (AvgIpc) is 3.96. The van der Waals surface area contributed by atoms with Crippen molar-refractivity contribution in [2.45, 2.75) is 121 Å². The molecule has 1 aromatic carbocycles. The molecule has 1 saturated heterocycles. The lowest BCUT2D eigenvalue weighted by molar-refractivity contribution is -0.274. The molecule has 0 radical (unpaired) electrons.